The summed E-state index contributed by atoms with van der Waals surface area (Å²) in [5.41, 5.74) is -1.30. The van der Waals surface area contributed by atoms with Gasteiger partial charge in [-0.1, -0.05) is 0 Å². The molecule has 0 radical (unpaired) electrons. The zero-order valence-electron chi connectivity index (χ0n) is 12.9. The van der Waals surface area contributed by atoms with Gasteiger partial charge < -0.3 is 20.2 Å². The lowest BCUT2D eigenvalue weighted by atomic mass is 10.1. The molecule has 3 amide bonds. The van der Waals surface area contributed by atoms with E-state index in [9.17, 15) is 14.4 Å². The van der Waals surface area contributed by atoms with Crippen molar-refractivity contribution in [1.29, 1.82) is 0 Å². The zero-order valence-corrected chi connectivity index (χ0v) is 12.9. The number of amides is 3. The van der Waals surface area contributed by atoms with Crippen LogP contribution in [-0.4, -0.2) is 65.0 Å². The third kappa shape index (κ3) is 4.71. The average molecular weight is 287 g/mol. The summed E-state index contributed by atoms with van der Waals surface area (Å²) in [6.45, 7) is 8.12. The summed E-state index contributed by atoms with van der Waals surface area (Å²) in [5.74, 6) is -1.12. The lowest BCUT2D eigenvalue weighted by Gasteiger charge is -2.31. The first-order valence-electron chi connectivity index (χ1n) is 6.71. The van der Waals surface area contributed by atoms with Crippen molar-refractivity contribution in [2.45, 2.75) is 39.7 Å². The highest BCUT2D eigenvalue weighted by atomic mass is 16.4. The molecule has 0 aliphatic carbocycles. The maximum atomic E-state index is 11.8. The maximum absolute atomic E-state index is 11.8. The highest BCUT2D eigenvalue weighted by Gasteiger charge is 2.35. The van der Waals surface area contributed by atoms with Gasteiger partial charge in [-0.05, 0) is 27.7 Å². The molecule has 0 saturated carbocycles. The van der Waals surface area contributed by atoms with E-state index in [2.05, 4.69) is 5.32 Å². The number of aliphatic carboxylic acids is 1. The van der Waals surface area contributed by atoms with E-state index in [1.807, 2.05) is 13.8 Å². The van der Waals surface area contributed by atoms with Crippen LogP contribution in [0.5, 0.6) is 0 Å². The fourth-order valence-electron chi connectivity index (χ4n) is 1.53. The molecule has 0 spiro atoms. The summed E-state index contributed by atoms with van der Waals surface area (Å²) >= 11 is 0. The van der Waals surface area contributed by atoms with Crippen molar-refractivity contribution in [3.05, 3.63) is 0 Å². The smallest absolute Gasteiger partial charge is 0.329 e. The second-order valence-electron chi connectivity index (χ2n) is 4.97. The van der Waals surface area contributed by atoms with Crippen LogP contribution in [0.1, 0.15) is 34.1 Å². The molecule has 0 unspecified atom stereocenters. The first-order valence-corrected chi connectivity index (χ1v) is 6.71. The fraction of sp³-hybridized carbons (Fsp3) is 0.769. The van der Waals surface area contributed by atoms with Crippen LogP contribution in [0.25, 0.3) is 0 Å². The van der Waals surface area contributed by atoms with E-state index in [1.165, 1.54) is 20.9 Å². The number of hydrogen-bond donors (Lipinski definition) is 2. The van der Waals surface area contributed by atoms with Gasteiger partial charge >= 0.3 is 12.0 Å². The highest BCUT2D eigenvalue weighted by molar-refractivity contribution is 5.85. The Morgan fingerprint density at radius 1 is 1.15 bits per heavy atom. The Morgan fingerprint density at radius 2 is 1.65 bits per heavy atom. The number of carboxylic acid groups (broad SMARTS) is 1. The van der Waals surface area contributed by atoms with Crippen molar-refractivity contribution in [1.82, 2.24) is 15.1 Å². The van der Waals surface area contributed by atoms with Crippen LogP contribution < -0.4 is 5.32 Å². The lowest BCUT2D eigenvalue weighted by Crippen LogP contribution is -2.54. The van der Waals surface area contributed by atoms with Gasteiger partial charge in [0.05, 0.1) is 0 Å². The van der Waals surface area contributed by atoms with Gasteiger partial charge in [-0.3, -0.25) is 4.79 Å². The number of likely N-dealkylation sites (N-methyl/N-ethyl adjacent to an activating group) is 1. The molecule has 0 rings (SSSR count). The predicted octanol–water partition coefficient (Wildman–Crippen LogP) is 0.750. The summed E-state index contributed by atoms with van der Waals surface area (Å²) in [4.78, 5) is 37.4. The van der Waals surface area contributed by atoms with Gasteiger partial charge in [0.2, 0.25) is 5.91 Å². The van der Waals surface area contributed by atoms with Gasteiger partial charge in [0, 0.05) is 33.1 Å². The molecule has 0 fully saturated rings. The molecule has 20 heavy (non-hydrogen) atoms. The van der Waals surface area contributed by atoms with Crippen LogP contribution in [0, 0.1) is 0 Å². The van der Waals surface area contributed by atoms with E-state index >= 15 is 0 Å². The van der Waals surface area contributed by atoms with Crippen LogP contribution in [0.4, 0.5) is 4.79 Å². The Bertz CT molecular complexity index is 365. The summed E-state index contributed by atoms with van der Waals surface area (Å²) < 4.78 is 0. The van der Waals surface area contributed by atoms with Gasteiger partial charge in [0.15, 0.2) is 0 Å². The summed E-state index contributed by atoms with van der Waals surface area (Å²) in [5, 5.41) is 11.6. The second-order valence-corrected chi connectivity index (χ2v) is 4.97. The van der Waals surface area contributed by atoms with Gasteiger partial charge in [-0.2, -0.15) is 0 Å². The molecule has 2 N–H and O–H groups in total. The molecular weight excluding hydrogens is 262 g/mol. The van der Waals surface area contributed by atoms with E-state index < -0.39 is 17.5 Å². The highest BCUT2D eigenvalue weighted by Crippen LogP contribution is 2.12. The van der Waals surface area contributed by atoms with E-state index in [-0.39, 0.29) is 18.9 Å². The number of nitrogens with one attached hydrogen (secondary N) is 1. The molecule has 0 aromatic rings. The Kier molecular flexibility index (Phi) is 7.02. The maximum Gasteiger partial charge on any atom is 0.329 e. The molecule has 116 valence electrons. The largest absolute Gasteiger partial charge is 0.480 e. The van der Waals surface area contributed by atoms with Crippen LogP contribution >= 0.6 is 0 Å². The quantitative estimate of drug-likeness (QED) is 0.723. The van der Waals surface area contributed by atoms with E-state index in [0.717, 1.165) is 4.90 Å². The van der Waals surface area contributed by atoms with Gasteiger partial charge in [-0.25, -0.2) is 9.59 Å². The van der Waals surface area contributed by atoms with Crippen LogP contribution in [0.2, 0.25) is 0 Å². The molecule has 0 aliphatic rings. The van der Waals surface area contributed by atoms with Crippen molar-refractivity contribution in [2.75, 3.05) is 26.7 Å². The van der Waals surface area contributed by atoms with Crippen molar-refractivity contribution in [2.24, 2.45) is 0 Å². The SMILES string of the molecule is CCN(CC)C(=O)CCNC(=O)N(C)C(C)(C)C(=O)O. The monoisotopic (exact) mass is 287 g/mol. The summed E-state index contributed by atoms with van der Waals surface area (Å²) in [6, 6.07) is -0.509. The van der Waals surface area contributed by atoms with Crippen molar-refractivity contribution >= 4 is 17.9 Å². The second kappa shape index (κ2) is 7.72. The van der Waals surface area contributed by atoms with Crippen LogP contribution in [-0.2, 0) is 9.59 Å². The van der Waals surface area contributed by atoms with Gasteiger partial charge in [-0.15, -0.1) is 0 Å². The Labute approximate surface area is 119 Å². The molecule has 0 aromatic carbocycles. The summed E-state index contributed by atoms with van der Waals surface area (Å²) in [6.07, 6.45) is 0.203. The first-order chi connectivity index (χ1) is 9.18. The number of hydrogen-bond acceptors (Lipinski definition) is 3. The predicted molar refractivity (Wildman–Crippen MR) is 75.4 cm³/mol. The normalized spacial score (nSPS) is 10.8. The summed E-state index contributed by atoms with van der Waals surface area (Å²) in [7, 11) is 1.41. The number of carbonyl (C=O) groups is 3. The number of nitrogens with zero attached hydrogens (tertiary/aromatic N) is 2. The molecule has 0 aromatic heterocycles. The van der Waals surface area contributed by atoms with Crippen molar-refractivity contribution < 1.29 is 19.5 Å². The fourth-order valence-corrected chi connectivity index (χ4v) is 1.53. The minimum Gasteiger partial charge on any atom is -0.480 e. The van der Waals surface area contributed by atoms with Gasteiger partial charge in [0.25, 0.3) is 0 Å². The van der Waals surface area contributed by atoms with E-state index in [0.29, 0.717) is 13.1 Å². The molecule has 0 aliphatic heterocycles. The van der Waals surface area contributed by atoms with Gasteiger partial charge in [0.1, 0.15) is 5.54 Å². The molecule has 0 saturated heterocycles. The Balaban J connectivity index is 4.31. The van der Waals surface area contributed by atoms with E-state index in [1.54, 1.807) is 4.90 Å². The van der Waals surface area contributed by atoms with Crippen LogP contribution in [0.3, 0.4) is 0 Å². The van der Waals surface area contributed by atoms with Crippen LogP contribution in [0.15, 0.2) is 0 Å². The average Bonchev–Trinajstić information content (AvgIpc) is 2.38. The third-order valence-corrected chi connectivity index (χ3v) is 3.40. The topological polar surface area (TPSA) is 90.0 Å². The third-order valence-electron chi connectivity index (χ3n) is 3.40. The molecule has 7 nitrogen and oxygen atoms in total. The number of rotatable bonds is 7. The minimum atomic E-state index is -1.30. The Morgan fingerprint density at radius 3 is 2.05 bits per heavy atom. The Hall–Kier alpha value is -1.79. The van der Waals surface area contributed by atoms with E-state index in [4.69, 9.17) is 5.11 Å². The molecule has 0 heterocycles. The molecular formula is C13H25N3O4. The van der Waals surface area contributed by atoms with Crippen molar-refractivity contribution in [3.8, 4) is 0 Å². The number of carboxylic acids is 1. The number of urea groups is 1. The first kappa shape index (κ1) is 18.2. The molecule has 0 atom stereocenters. The molecule has 7 heteroatoms. The lowest BCUT2D eigenvalue weighted by molar-refractivity contribution is -0.147. The minimum absolute atomic E-state index is 0.0320. The molecule has 0 bridgehead atoms. The zero-order chi connectivity index (χ0) is 15.9. The van der Waals surface area contributed by atoms with Crippen molar-refractivity contribution in [3.63, 3.8) is 0 Å². The number of carbonyl (C=O) groups excluding carboxylic acids is 2. The standard InChI is InChI=1S/C13H25N3O4/c1-6-16(7-2)10(17)8-9-14-12(20)15(5)13(3,4)11(18)19/h6-9H2,1-5H3,(H,14,20)(H,18,19).